The molecule has 1 atom stereocenters. The highest BCUT2D eigenvalue weighted by Crippen LogP contribution is 2.20. The fraction of sp³-hybridized carbons (Fsp3) is 0.321. The average molecular weight is 512 g/mol. The molecule has 0 saturated heterocycles. The van der Waals surface area contributed by atoms with Crippen LogP contribution in [-0.2, 0) is 30.4 Å². The standard InChI is InChI=1S/C28H33NO8/c1-20(2)26(30)33-16-10-15-29-28(32)37-24(18-34-23-12-6-5-7-13-23)19-35-25-14-9-8-11-22(25)17-36-27(31)21(3)4/h5-9,11-14,24H,1,3,10,15-19H2,2,4H3,(H,29,32). The van der Waals surface area contributed by atoms with Crippen LogP contribution >= 0.6 is 0 Å². The number of hydrogen-bond acceptors (Lipinski definition) is 8. The number of rotatable bonds is 15. The molecule has 1 N–H and O–H groups in total. The van der Waals surface area contributed by atoms with E-state index in [-0.39, 0.29) is 33.0 Å². The summed E-state index contributed by atoms with van der Waals surface area (Å²) in [6.45, 7) is 10.6. The first-order valence-electron chi connectivity index (χ1n) is 11.7. The molecule has 2 aromatic carbocycles. The van der Waals surface area contributed by atoms with Gasteiger partial charge < -0.3 is 29.0 Å². The number of amides is 1. The van der Waals surface area contributed by atoms with Gasteiger partial charge in [-0.2, -0.15) is 0 Å². The Hall–Kier alpha value is -4.27. The van der Waals surface area contributed by atoms with Crippen LogP contribution in [0.25, 0.3) is 0 Å². The molecule has 2 rings (SSSR count). The zero-order valence-electron chi connectivity index (χ0n) is 21.2. The molecule has 0 fully saturated rings. The first-order chi connectivity index (χ1) is 17.8. The Morgan fingerprint density at radius 1 is 0.838 bits per heavy atom. The van der Waals surface area contributed by atoms with Crippen molar-refractivity contribution in [1.29, 1.82) is 0 Å². The van der Waals surface area contributed by atoms with E-state index in [1.54, 1.807) is 50.2 Å². The second kappa shape index (κ2) is 15.7. The SMILES string of the molecule is C=C(C)C(=O)OCCCNC(=O)OC(COc1ccccc1)COc1ccccc1COC(=O)C(=C)C. The van der Waals surface area contributed by atoms with Crippen LogP contribution in [0, 0.1) is 0 Å². The Bertz CT molecular complexity index is 1070. The maximum atomic E-state index is 12.4. The number of carbonyl (C=O) groups is 3. The number of ether oxygens (including phenoxy) is 5. The zero-order chi connectivity index (χ0) is 27.0. The third-order valence-electron chi connectivity index (χ3n) is 4.73. The maximum Gasteiger partial charge on any atom is 0.407 e. The van der Waals surface area contributed by atoms with Crippen molar-refractivity contribution in [3.05, 3.63) is 84.5 Å². The molecule has 0 aromatic heterocycles. The first-order valence-corrected chi connectivity index (χ1v) is 11.7. The van der Waals surface area contributed by atoms with Gasteiger partial charge in [-0.25, -0.2) is 14.4 Å². The molecular formula is C28H33NO8. The topological polar surface area (TPSA) is 109 Å². The fourth-order valence-electron chi connectivity index (χ4n) is 2.78. The molecule has 198 valence electrons. The third-order valence-corrected chi connectivity index (χ3v) is 4.73. The highest BCUT2D eigenvalue weighted by atomic mass is 16.6. The Balaban J connectivity index is 1.93. The Labute approximate surface area is 217 Å². The third kappa shape index (κ3) is 11.3. The molecule has 0 aliphatic carbocycles. The number of carbonyl (C=O) groups excluding carboxylic acids is 3. The molecule has 0 radical (unpaired) electrons. The monoisotopic (exact) mass is 511 g/mol. The van der Waals surface area contributed by atoms with E-state index in [4.69, 9.17) is 23.7 Å². The molecule has 1 amide bonds. The van der Waals surface area contributed by atoms with Gasteiger partial charge in [0.1, 0.15) is 31.3 Å². The summed E-state index contributed by atoms with van der Waals surface area (Å²) in [5, 5.41) is 2.62. The molecule has 9 heteroatoms. The number of benzene rings is 2. The van der Waals surface area contributed by atoms with Gasteiger partial charge in [-0.1, -0.05) is 49.6 Å². The summed E-state index contributed by atoms with van der Waals surface area (Å²) in [6, 6.07) is 16.2. The van der Waals surface area contributed by atoms with Gasteiger partial charge >= 0.3 is 18.0 Å². The summed E-state index contributed by atoms with van der Waals surface area (Å²) in [5.74, 6) is 0.110. The molecule has 0 aliphatic heterocycles. The van der Waals surface area contributed by atoms with Gasteiger partial charge in [-0.05, 0) is 38.5 Å². The molecule has 1 unspecified atom stereocenters. The second-order valence-corrected chi connectivity index (χ2v) is 8.12. The summed E-state index contributed by atoms with van der Waals surface area (Å²) in [7, 11) is 0. The molecule has 0 bridgehead atoms. The van der Waals surface area contributed by atoms with Crippen molar-refractivity contribution >= 4 is 18.0 Å². The summed E-state index contributed by atoms with van der Waals surface area (Å²) in [5.41, 5.74) is 1.25. The van der Waals surface area contributed by atoms with Crippen molar-refractivity contribution < 1.29 is 38.1 Å². The highest BCUT2D eigenvalue weighted by Gasteiger charge is 2.18. The van der Waals surface area contributed by atoms with Crippen LogP contribution in [-0.4, -0.2) is 50.5 Å². The molecule has 37 heavy (non-hydrogen) atoms. The summed E-state index contributed by atoms with van der Waals surface area (Å²) < 4.78 is 27.4. The average Bonchev–Trinajstić information content (AvgIpc) is 2.89. The van der Waals surface area contributed by atoms with E-state index >= 15 is 0 Å². The maximum absolute atomic E-state index is 12.4. The molecular weight excluding hydrogens is 478 g/mol. The minimum absolute atomic E-state index is 0.00431. The van der Waals surface area contributed by atoms with Crippen molar-refractivity contribution in [2.75, 3.05) is 26.4 Å². The molecule has 9 nitrogen and oxygen atoms in total. The van der Waals surface area contributed by atoms with E-state index in [1.165, 1.54) is 0 Å². The van der Waals surface area contributed by atoms with Crippen molar-refractivity contribution in [3.63, 3.8) is 0 Å². The fourth-order valence-corrected chi connectivity index (χ4v) is 2.78. The highest BCUT2D eigenvalue weighted by molar-refractivity contribution is 5.87. The number of esters is 2. The summed E-state index contributed by atoms with van der Waals surface area (Å²) in [6.07, 6.45) is -1.01. The molecule has 0 spiro atoms. The number of hydrogen-bond donors (Lipinski definition) is 1. The van der Waals surface area contributed by atoms with E-state index < -0.39 is 24.1 Å². The van der Waals surface area contributed by atoms with E-state index in [0.717, 1.165) is 0 Å². The Kier molecular flexibility index (Phi) is 12.3. The van der Waals surface area contributed by atoms with Crippen LogP contribution in [0.1, 0.15) is 25.8 Å². The Morgan fingerprint density at radius 2 is 1.46 bits per heavy atom. The molecule has 2 aromatic rings. The normalized spacial score (nSPS) is 11.0. The van der Waals surface area contributed by atoms with Crippen molar-refractivity contribution in [2.45, 2.75) is 33.0 Å². The van der Waals surface area contributed by atoms with Crippen LogP contribution in [0.4, 0.5) is 4.79 Å². The van der Waals surface area contributed by atoms with Gasteiger partial charge in [-0.3, -0.25) is 0 Å². The summed E-state index contributed by atoms with van der Waals surface area (Å²) in [4.78, 5) is 35.5. The van der Waals surface area contributed by atoms with Crippen molar-refractivity contribution in [1.82, 2.24) is 5.32 Å². The summed E-state index contributed by atoms with van der Waals surface area (Å²) >= 11 is 0. The largest absolute Gasteiger partial charge is 0.490 e. The van der Waals surface area contributed by atoms with Gasteiger partial charge in [0.15, 0.2) is 6.10 Å². The zero-order valence-corrected chi connectivity index (χ0v) is 21.2. The minimum Gasteiger partial charge on any atom is -0.490 e. The molecule has 0 aliphatic rings. The van der Waals surface area contributed by atoms with Crippen LogP contribution in [0.2, 0.25) is 0 Å². The van der Waals surface area contributed by atoms with Crippen molar-refractivity contribution in [2.24, 2.45) is 0 Å². The van der Waals surface area contributed by atoms with Crippen LogP contribution in [0.15, 0.2) is 78.9 Å². The van der Waals surface area contributed by atoms with E-state index in [0.29, 0.717) is 34.6 Å². The van der Waals surface area contributed by atoms with Crippen LogP contribution < -0.4 is 14.8 Å². The van der Waals surface area contributed by atoms with E-state index in [2.05, 4.69) is 18.5 Å². The van der Waals surface area contributed by atoms with Gasteiger partial charge in [0.2, 0.25) is 0 Å². The lowest BCUT2D eigenvalue weighted by Gasteiger charge is -2.20. The molecule has 0 saturated carbocycles. The lowest BCUT2D eigenvalue weighted by atomic mass is 10.2. The lowest BCUT2D eigenvalue weighted by Crippen LogP contribution is -2.36. The Morgan fingerprint density at radius 3 is 2.16 bits per heavy atom. The lowest BCUT2D eigenvalue weighted by molar-refractivity contribution is -0.140. The predicted octanol–water partition coefficient (Wildman–Crippen LogP) is 4.37. The second-order valence-electron chi connectivity index (χ2n) is 8.12. The van der Waals surface area contributed by atoms with Crippen LogP contribution in [0.5, 0.6) is 11.5 Å². The van der Waals surface area contributed by atoms with Gasteiger partial charge in [-0.15, -0.1) is 0 Å². The first kappa shape index (κ1) is 29.0. The quantitative estimate of drug-likeness (QED) is 0.163. The predicted molar refractivity (Wildman–Crippen MR) is 137 cm³/mol. The van der Waals surface area contributed by atoms with Gasteiger partial charge in [0, 0.05) is 23.3 Å². The minimum atomic E-state index is -0.757. The van der Waals surface area contributed by atoms with Crippen LogP contribution in [0.3, 0.4) is 0 Å². The van der Waals surface area contributed by atoms with Gasteiger partial charge in [0.05, 0.1) is 6.61 Å². The smallest absolute Gasteiger partial charge is 0.407 e. The molecule has 0 heterocycles. The van der Waals surface area contributed by atoms with Crippen molar-refractivity contribution in [3.8, 4) is 11.5 Å². The van der Waals surface area contributed by atoms with E-state index in [1.807, 2.05) is 18.2 Å². The number of nitrogens with one attached hydrogen (secondary N) is 1. The van der Waals surface area contributed by atoms with Gasteiger partial charge in [0.25, 0.3) is 0 Å². The van der Waals surface area contributed by atoms with E-state index in [9.17, 15) is 14.4 Å². The number of para-hydroxylation sites is 2. The number of alkyl carbamates (subject to hydrolysis) is 1.